The minimum atomic E-state index is -0.257. The smallest absolute Gasteiger partial charge is 0.254 e. The first-order valence-corrected chi connectivity index (χ1v) is 3.92. The first-order valence-electron chi connectivity index (χ1n) is 3.92. The molecule has 1 heterocycles. The quantitative estimate of drug-likeness (QED) is 0.719. The molecule has 1 aromatic rings. The number of carbonyl (C=O) groups is 1. The van der Waals surface area contributed by atoms with Crippen LogP contribution >= 0.6 is 0 Å². The SMILES string of the molecule is CCNC(=O)c1cnccc1C#N. The predicted octanol–water partition coefficient (Wildman–Crippen LogP) is 0.703. The summed E-state index contributed by atoms with van der Waals surface area (Å²) in [6.45, 7) is 2.36. The fourth-order valence-corrected chi connectivity index (χ4v) is 0.929. The Morgan fingerprint density at radius 2 is 2.54 bits per heavy atom. The molecule has 0 aliphatic rings. The van der Waals surface area contributed by atoms with E-state index in [0.29, 0.717) is 17.7 Å². The van der Waals surface area contributed by atoms with Crippen LogP contribution in [0.25, 0.3) is 0 Å². The summed E-state index contributed by atoms with van der Waals surface area (Å²) >= 11 is 0. The molecule has 0 aliphatic carbocycles. The van der Waals surface area contributed by atoms with E-state index in [1.54, 1.807) is 0 Å². The summed E-state index contributed by atoms with van der Waals surface area (Å²) in [5.74, 6) is -0.257. The summed E-state index contributed by atoms with van der Waals surface area (Å²) in [6, 6.07) is 3.45. The largest absolute Gasteiger partial charge is 0.352 e. The first kappa shape index (κ1) is 9.20. The van der Waals surface area contributed by atoms with E-state index in [-0.39, 0.29) is 5.91 Å². The summed E-state index contributed by atoms with van der Waals surface area (Å²) in [4.78, 5) is 15.1. The maximum atomic E-state index is 11.3. The molecule has 4 heteroatoms. The standard InChI is InChI=1S/C9H9N3O/c1-2-12-9(13)8-6-11-4-3-7(8)5-10/h3-4,6H,2H2,1H3,(H,12,13). The van der Waals surface area contributed by atoms with Gasteiger partial charge in [0.25, 0.3) is 5.91 Å². The molecule has 4 nitrogen and oxygen atoms in total. The number of nitrogens with zero attached hydrogens (tertiary/aromatic N) is 2. The van der Waals surface area contributed by atoms with Gasteiger partial charge in [-0.1, -0.05) is 0 Å². The molecule has 0 radical (unpaired) electrons. The Morgan fingerprint density at radius 1 is 1.77 bits per heavy atom. The molecule has 0 unspecified atom stereocenters. The molecule has 0 aliphatic heterocycles. The number of rotatable bonds is 2. The molecule has 1 rings (SSSR count). The van der Waals surface area contributed by atoms with Crippen molar-refractivity contribution in [2.24, 2.45) is 0 Å². The number of nitriles is 1. The third-order valence-electron chi connectivity index (χ3n) is 1.52. The highest BCUT2D eigenvalue weighted by Gasteiger charge is 2.09. The molecule has 0 bridgehead atoms. The van der Waals surface area contributed by atoms with Crippen LogP contribution in [-0.2, 0) is 0 Å². The van der Waals surface area contributed by atoms with Gasteiger partial charge in [0.2, 0.25) is 0 Å². The van der Waals surface area contributed by atoms with E-state index < -0.39 is 0 Å². The van der Waals surface area contributed by atoms with Crippen molar-refractivity contribution in [3.8, 4) is 6.07 Å². The normalized spacial score (nSPS) is 8.92. The van der Waals surface area contributed by atoms with Gasteiger partial charge >= 0.3 is 0 Å². The van der Waals surface area contributed by atoms with Crippen LogP contribution in [0.3, 0.4) is 0 Å². The van der Waals surface area contributed by atoms with Crippen molar-refractivity contribution < 1.29 is 4.79 Å². The molecule has 0 fully saturated rings. The summed E-state index contributed by atoms with van der Waals surface area (Å²) in [5, 5.41) is 11.3. The van der Waals surface area contributed by atoms with Crippen molar-refractivity contribution in [3.05, 3.63) is 29.6 Å². The molecule has 0 saturated heterocycles. The number of amides is 1. The molecule has 0 atom stereocenters. The van der Waals surface area contributed by atoms with E-state index in [1.807, 2.05) is 13.0 Å². The summed E-state index contributed by atoms with van der Waals surface area (Å²) < 4.78 is 0. The zero-order chi connectivity index (χ0) is 9.68. The molecule has 1 amide bonds. The number of nitrogens with one attached hydrogen (secondary N) is 1. The van der Waals surface area contributed by atoms with E-state index in [2.05, 4.69) is 10.3 Å². The highest BCUT2D eigenvalue weighted by Crippen LogP contribution is 2.04. The summed E-state index contributed by atoms with van der Waals surface area (Å²) in [7, 11) is 0. The van der Waals surface area contributed by atoms with E-state index in [1.165, 1.54) is 18.5 Å². The van der Waals surface area contributed by atoms with E-state index in [9.17, 15) is 4.79 Å². The number of hydrogen-bond donors (Lipinski definition) is 1. The zero-order valence-corrected chi connectivity index (χ0v) is 7.24. The van der Waals surface area contributed by atoms with Crippen molar-refractivity contribution in [2.75, 3.05) is 6.54 Å². The van der Waals surface area contributed by atoms with Crippen LogP contribution in [0.15, 0.2) is 18.5 Å². The van der Waals surface area contributed by atoms with Gasteiger partial charge in [-0.05, 0) is 13.0 Å². The monoisotopic (exact) mass is 175 g/mol. The Morgan fingerprint density at radius 3 is 3.15 bits per heavy atom. The van der Waals surface area contributed by atoms with Crippen molar-refractivity contribution in [3.63, 3.8) is 0 Å². The number of hydrogen-bond acceptors (Lipinski definition) is 3. The summed E-state index contributed by atoms with van der Waals surface area (Å²) in [5.41, 5.74) is 0.674. The maximum Gasteiger partial charge on any atom is 0.254 e. The first-order chi connectivity index (χ1) is 6.29. The van der Waals surface area contributed by atoms with Gasteiger partial charge in [0.05, 0.1) is 11.1 Å². The van der Waals surface area contributed by atoms with Crippen LogP contribution < -0.4 is 5.32 Å². The van der Waals surface area contributed by atoms with Gasteiger partial charge in [0.1, 0.15) is 6.07 Å². The molecular weight excluding hydrogens is 166 g/mol. The maximum absolute atomic E-state index is 11.3. The van der Waals surface area contributed by atoms with Gasteiger partial charge in [-0.15, -0.1) is 0 Å². The van der Waals surface area contributed by atoms with Crippen molar-refractivity contribution in [2.45, 2.75) is 6.92 Å². The number of aromatic nitrogens is 1. The lowest BCUT2D eigenvalue weighted by atomic mass is 10.1. The predicted molar refractivity (Wildman–Crippen MR) is 47.0 cm³/mol. The Balaban J connectivity index is 3.01. The van der Waals surface area contributed by atoms with Crippen LogP contribution in [0.4, 0.5) is 0 Å². The molecular formula is C9H9N3O. The van der Waals surface area contributed by atoms with E-state index >= 15 is 0 Å². The highest BCUT2D eigenvalue weighted by molar-refractivity contribution is 5.96. The average molecular weight is 175 g/mol. The van der Waals surface area contributed by atoms with Crippen LogP contribution in [0, 0.1) is 11.3 Å². The molecule has 13 heavy (non-hydrogen) atoms. The van der Waals surface area contributed by atoms with Crippen LogP contribution in [0.5, 0.6) is 0 Å². The second-order valence-corrected chi connectivity index (χ2v) is 2.39. The Kier molecular flexibility index (Phi) is 2.98. The van der Waals surface area contributed by atoms with Crippen LogP contribution in [0.2, 0.25) is 0 Å². The van der Waals surface area contributed by atoms with E-state index in [4.69, 9.17) is 5.26 Å². The molecule has 1 N–H and O–H groups in total. The molecule has 0 saturated carbocycles. The van der Waals surface area contributed by atoms with Crippen molar-refractivity contribution in [1.82, 2.24) is 10.3 Å². The lowest BCUT2D eigenvalue weighted by Crippen LogP contribution is -2.23. The Hall–Kier alpha value is -1.89. The van der Waals surface area contributed by atoms with E-state index in [0.717, 1.165) is 0 Å². The van der Waals surface area contributed by atoms with Gasteiger partial charge in [-0.2, -0.15) is 5.26 Å². The molecule has 0 aromatic carbocycles. The van der Waals surface area contributed by atoms with Gasteiger partial charge in [0, 0.05) is 18.9 Å². The number of pyridine rings is 1. The van der Waals surface area contributed by atoms with Gasteiger partial charge < -0.3 is 5.32 Å². The molecule has 66 valence electrons. The Bertz CT molecular complexity index is 354. The fourth-order valence-electron chi connectivity index (χ4n) is 0.929. The fraction of sp³-hybridized carbons (Fsp3) is 0.222. The lowest BCUT2D eigenvalue weighted by Gasteiger charge is -2.01. The summed E-state index contributed by atoms with van der Waals surface area (Å²) in [6.07, 6.45) is 2.88. The topological polar surface area (TPSA) is 65.8 Å². The zero-order valence-electron chi connectivity index (χ0n) is 7.24. The third kappa shape index (κ3) is 2.03. The third-order valence-corrected chi connectivity index (χ3v) is 1.52. The van der Waals surface area contributed by atoms with Crippen molar-refractivity contribution >= 4 is 5.91 Å². The second kappa shape index (κ2) is 4.21. The van der Waals surface area contributed by atoms with Crippen LogP contribution in [0.1, 0.15) is 22.8 Å². The van der Waals surface area contributed by atoms with Crippen LogP contribution in [-0.4, -0.2) is 17.4 Å². The molecule has 1 aromatic heterocycles. The highest BCUT2D eigenvalue weighted by atomic mass is 16.1. The Labute approximate surface area is 76.2 Å². The second-order valence-electron chi connectivity index (χ2n) is 2.39. The minimum absolute atomic E-state index is 0.257. The van der Waals surface area contributed by atoms with Crippen molar-refractivity contribution in [1.29, 1.82) is 5.26 Å². The lowest BCUT2D eigenvalue weighted by molar-refractivity contribution is 0.0955. The van der Waals surface area contributed by atoms with Gasteiger partial charge in [0.15, 0.2) is 0 Å². The minimum Gasteiger partial charge on any atom is -0.352 e. The molecule has 0 spiro atoms. The average Bonchev–Trinajstić information content (AvgIpc) is 2.18. The number of carbonyl (C=O) groups excluding carboxylic acids is 1. The van der Waals surface area contributed by atoms with Gasteiger partial charge in [-0.3, -0.25) is 9.78 Å². The van der Waals surface area contributed by atoms with Gasteiger partial charge in [-0.25, -0.2) is 0 Å².